The molecule has 1 unspecified atom stereocenters. The molecule has 0 bridgehead atoms. The normalized spacial score (nSPS) is 23.5. The number of oxazole rings is 1. The van der Waals surface area contributed by atoms with Gasteiger partial charge >= 0.3 is 0 Å². The van der Waals surface area contributed by atoms with Crippen molar-refractivity contribution in [1.82, 2.24) is 24.6 Å². The Morgan fingerprint density at radius 2 is 2.24 bits per heavy atom. The van der Waals surface area contributed by atoms with Crippen molar-refractivity contribution >= 4 is 11.8 Å². The highest BCUT2D eigenvalue weighted by Gasteiger charge is 2.60. The molecule has 29 heavy (non-hydrogen) atoms. The molecule has 152 valence electrons. The van der Waals surface area contributed by atoms with E-state index in [4.69, 9.17) is 4.42 Å². The summed E-state index contributed by atoms with van der Waals surface area (Å²) in [6.45, 7) is 5.13. The van der Waals surface area contributed by atoms with Crippen LogP contribution >= 0.6 is 11.8 Å². The Balaban J connectivity index is 1.13. The smallest absolute Gasteiger partial charge is 0.202 e. The maximum absolute atomic E-state index is 13.6. The fraction of sp³-hybridized carbons (Fsp3) is 0.476. The van der Waals surface area contributed by atoms with Crippen molar-refractivity contribution in [2.24, 2.45) is 13.0 Å². The topological polar surface area (TPSA) is 60.0 Å². The molecule has 1 saturated heterocycles. The van der Waals surface area contributed by atoms with Gasteiger partial charge in [-0.1, -0.05) is 23.9 Å². The Hall–Kier alpha value is -2.19. The van der Waals surface area contributed by atoms with Crippen LogP contribution < -0.4 is 0 Å². The van der Waals surface area contributed by atoms with Crippen LogP contribution in [0.1, 0.15) is 24.1 Å². The number of aryl methyl sites for hydroxylation is 1. The lowest BCUT2D eigenvalue weighted by molar-refractivity contribution is 0.299. The minimum Gasteiger partial charge on any atom is -0.440 e. The molecule has 1 aliphatic heterocycles. The molecule has 8 heteroatoms. The molecular weight excluding hydrogens is 389 g/mol. The first-order chi connectivity index (χ1) is 14.1. The molecular formula is C21H24FN5OS. The zero-order chi connectivity index (χ0) is 20.0. The predicted molar refractivity (Wildman–Crippen MR) is 109 cm³/mol. The molecule has 0 amide bonds. The van der Waals surface area contributed by atoms with Crippen molar-refractivity contribution < 1.29 is 8.81 Å². The molecule has 1 saturated carbocycles. The third-order valence-electron chi connectivity index (χ3n) is 6.25. The Bertz CT molecular complexity index is 1030. The Morgan fingerprint density at radius 1 is 1.34 bits per heavy atom. The largest absolute Gasteiger partial charge is 0.440 e. The third kappa shape index (κ3) is 3.38. The molecule has 0 spiro atoms. The number of nitrogens with zero attached hydrogens (tertiary/aromatic N) is 5. The molecule has 1 aromatic carbocycles. The van der Waals surface area contributed by atoms with Crippen LogP contribution in [0.3, 0.4) is 0 Å². The molecule has 2 aliphatic rings. The van der Waals surface area contributed by atoms with Gasteiger partial charge in [0.2, 0.25) is 5.82 Å². The van der Waals surface area contributed by atoms with Crippen molar-refractivity contribution in [3.8, 4) is 11.6 Å². The van der Waals surface area contributed by atoms with E-state index in [-0.39, 0.29) is 11.2 Å². The van der Waals surface area contributed by atoms with Gasteiger partial charge in [-0.25, -0.2) is 9.37 Å². The van der Waals surface area contributed by atoms with Crippen LogP contribution in [-0.4, -0.2) is 50.0 Å². The first-order valence-corrected chi connectivity index (χ1v) is 11.0. The van der Waals surface area contributed by atoms with E-state index < -0.39 is 0 Å². The van der Waals surface area contributed by atoms with Gasteiger partial charge in [-0.15, -0.1) is 10.2 Å². The number of piperidine rings is 1. The lowest BCUT2D eigenvalue weighted by atomic mass is 9.95. The minimum absolute atomic E-state index is 0.124. The number of halogens is 1. The van der Waals surface area contributed by atoms with E-state index in [9.17, 15) is 4.39 Å². The number of hydrogen-bond acceptors (Lipinski definition) is 6. The highest BCUT2D eigenvalue weighted by Crippen LogP contribution is 2.59. The fourth-order valence-electron chi connectivity index (χ4n) is 4.61. The van der Waals surface area contributed by atoms with E-state index in [0.717, 1.165) is 42.7 Å². The van der Waals surface area contributed by atoms with Gasteiger partial charge < -0.3 is 13.9 Å². The molecule has 2 fully saturated rings. The second kappa shape index (κ2) is 7.25. The Kier molecular flexibility index (Phi) is 4.70. The predicted octanol–water partition coefficient (Wildman–Crippen LogP) is 3.67. The fourth-order valence-corrected chi connectivity index (χ4v) is 5.44. The lowest BCUT2D eigenvalue weighted by Gasteiger charge is -2.21. The summed E-state index contributed by atoms with van der Waals surface area (Å²) in [4.78, 5) is 6.65. The summed E-state index contributed by atoms with van der Waals surface area (Å²) in [7, 11) is 1.95. The van der Waals surface area contributed by atoms with Gasteiger partial charge in [-0.3, -0.25) is 0 Å². The van der Waals surface area contributed by atoms with Gasteiger partial charge in [0.05, 0.1) is 5.69 Å². The first-order valence-electron chi connectivity index (χ1n) is 9.98. The highest BCUT2D eigenvalue weighted by molar-refractivity contribution is 7.99. The first kappa shape index (κ1) is 18.8. The van der Waals surface area contributed by atoms with E-state index >= 15 is 0 Å². The van der Waals surface area contributed by atoms with Crippen LogP contribution in [0, 0.1) is 18.7 Å². The zero-order valence-electron chi connectivity index (χ0n) is 16.6. The van der Waals surface area contributed by atoms with Crippen LogP contribution in [-0.2, 0) is 12.5 Å². The maximum Gasteiger partial charge on any atom is 0.202 e. The van der Waals surface area contributed by atoms with Gasteiger partial charge in [0.15, 0.2) is 17.3 Å². The van der Waals surface area contributed by atoms with Gasteiger partial charge in [0, 0.05) is 31.3 Å². The van der Waals surface area contributed by atoms with Gasteiger partial charge in [0.25, 0.3) is 0 Å². The Labute approximate surface area is 173 Å². The molecule has 3 aromatic rings. The van der Waals surface area contributed by atoms with Crippen molar-refractivity contribution in [1.29, 1.82) is 0 Å². The number of thioether (sulfide) groups is 1. The molecule has 2 aromatic heterocycles. The van der Waals surface area contributed by atoms with E-state index in [0.29, 0.717) is 17.5 Å². The summed E-state index contributed by atoms with van der Waals surface area (Å²) in [5.74, 6) is 2.92. The molecule has 6 nitrogen and oxygen atoms in total. The van der Waals surface area contributed by atoms with E-state index in [1.54, 1.807) is 17.8 Å². The van der Waals surface area contributed by atoms with Crippen LogP contribution in [0.15, 0.2) is 40.2 Å². The third-order valence-corrected chi connectivity index (χ3v) is 7.36. The molecule has 0 radical (unpaired) electrons. The van der Waals surface area contributed by atoms with E-state index in [2.05, 4.69) is 26.1 Å². The van der Waals surface area contributed by atoms with E-state index in [1.165, 1.54) is 24.4 Å². The molecule has 1 aliphatic carbocycles. The second-order valence-electron chi connectivity index (χ2n) is 8.14. The highest BCUT2D eigenvalue weighted by atomic mass is 32.2. The summed E-state index contributed by atoms with van der Waals surface area (Å²) in [5, 5.41) is 9.44. The second-order valence-corrected chi connectivity index (χ2v) is 9.20. The lowest BCUT2D eigenvalue weighted by Crippen LogP contribution is -2.28. The van der Waals surface area contributed by atoms with Crippen molar-refractivity contribution in [3.63, 3.8) is 0 Å². The Morgan fingerprint density at radius 3 is 3.03 bits per heavy atom. The molecule has 2 atom stereocenters. The SMILES string of the molecule is Cc1ncoc1-c1nnc(SCCCN2C[C@@H]3CC3(c3cccc(F)c3)C2)n1C. The summed E-state index contributed by atoms with van der Waals surface area (Å²) < 4.78 is 21.0. The maximum atomic E-state index is 13.6. The average Bonchev–Trinajstić information content (AvgIpc) is 3.01. The van der Waals surface area contributed by atoms with Crippen LogP contribution in [0.4, 0.5) is 4.39 Å². The van der Waals surface area contributed by atoms with Crippen LogP contribution in [0.25, 0.3) is 11.6 Å². The standard InChI is InChI=1S/C21H24FN5OS/c1-14-18(28-13-23-14)19-24-25-20(26(19)2)29-8-4-7-27-11-16-10-21(16,12-27)15-5-3-6-17(22)9-15/h3,5-6,9,13,16H,4,7-8,10-12H2,1-2H3/t16-,21?/m0/s1. The minimum atomic E-state index is -0.124. The number of likely N-dealkylation sites (tertiary alicyclic amines) is 1. The summed E-state index contributed by atoms with van der Waals surface area (Å²) in [6.07, 6.45) is 3.72. The quantitative estimate of drug-likeness (QED) is 0.435. The number of aromatic nitrogens is 4. The van der Waals surface area contributed by atoms with Crippen molar-refractivity contribution in [2.45, 2.75) is 30.3 Å². The summed E-state index contributed by atoms with van der Waals surface area (Å²) in [6, 6.07) is 7.18. The zero-order valence-corrected chi connectivity index (χ0v) is 17.5. The summed E-state index contributed by atoms with van der Waals surface area (Å²) in [5.41, 5.74) is 2.19. The molecule has 5 rings (SSSR count). The van der Waals surface area contributed by atoms with Crippen LogP contribution in [0.5, 0.6) is 0 Å². The molecule has 3 heterocycles. The van der Waals surface area contributed by atoms with Gasteiger partial charge in [-0.2, -0.15) is 0 Å². The number of fused-ring (bicyclic) bond motifs is 1. The van der Waals surface area contributed by atoms with E-state index in [1.807, 2.05) is 24.6 Å². The van der Waals surface area contributed by atoms with Crippen molar-refractivity contribution in [3.05, 3.63) is 47.7 Å². The average molecular weight is 414 g/mol. The van der Waals surface area contributed by atoms with Crippen molar-refractivity contribution in [2.75, 3.05) is 25.4 Å². The van der Waals surface area contributed by atoms with Gasteiger partial charge in [-0.05, 0) is 49.9 Å². The summed E-state index contributed by atoms with van der Waals surface area (Å²) >= 11 is 1.71. The monoisotopic (exact) mass is 413 g/mol. The number of benzene rings is 1. The van der Waals surface area contributed by atoms with Gasteiger partial charge in [0.1, 0.15) is 5.82 Å². The number of hydrogen-bond donors (Lipinski definition) is 0. The van der Waals surface area contributed by atoms with Crippen LogP contribution in [0.2, 0.25) is 0 Å². The number of rotatable bonds is 7. The molecule has 0 N–H and O–H groups in total.